The van der Waals surface area contributed by atoms with E-state index in [4.69, 9.17) is 9.47 Å². The molecule has 1 aromatic heterocycles. The second-order valence-corrected chi connectivity index (χ2v) is 4.55. The third-order valence-corrected chi connectivity index (χ3v) is 2.79. The van der Waals surface area contributed by atoms with Gasteiger partial charge in [0.25, 0.3) is 0 Å². The van der Waals surface area contributed by atoms with Gasteiger partial charge in [-0.2, -0.15) is 0 Å². The van der Waals surface area contributed by atoms with Crippen LogP contribution in [0.25, 0.3) is 0 Å². The van der Waals surface area contributed by atoms with Crippen LogP contribution in [0.2, 0.25) is 0 Å². The van der Waals surface area contributed by atoms with Crippen LogP contribution in [-0.4, -0.2) is 41.3 Å². The predicted molar refractivity (Wildman–Crippen MR) is 65.0 cm³/mol. The zero-order valence-electron chi connectivity index (χ0n) is 10.7. The van der Waals surface area contributed by atoms with Crippen LogP contribution in [0.4, 0.5) is 0 Å². The SMILES string of the molecule is CC(C)OCCOC(=O)C1Cc2nc[nH]c2CN1. The van der Waals surface area contributed by atoms with Gasteiger partial charge in [-0.25, -0.2) is 4.98 Å². The number of nitrogens with one attached hydrogen (secondary N) is 2. The van der Waals surface area contributed by atoms with Crippen molar-refractivity contribution in [2.75, 3.05) is 13.2 Å². The number of carbonyl (C=O) groups excluding carboxylic acids is 1. The third kappa shape index (κ3) is 3.30. The van der Waals surface area contributed by atoms with Crippen molar-refractivity contribution >= 4 is 5.97 Å². The molecule has 0 bridgehead atoms. The van der Waals surface area contributed by atoms with Gasteiger partial charge in [0.05, 0.1) is 30.4 Å². The zero-order chi connectivity index (χ0) is 13.0. The minimum absolute atomic E-state index is 0.156. The number of ether oxygens (including phenoxy) is 2. The lowest BCUT2D eigenvalue weighted by molar-refractivity contribution is -0.148. The van der Waals surface area contributed by atoms with Gasteiger partial charge in [0.15, 0.2) is 0 Å². The number of carbonyl (C=O) groups is 1. The number of rotatable bonds is 5. The Balaban J connectivity index is 1.74. The Hall–Kier alpha value is -1.40. The fourth-order valence-corrected chi connectivity index (χ4v) is 1.86. The van der Waals surface area contributed by atoms with Crippen molar-refractivity contribution in [3.63, 3.8) is 0 Å². The van der Waals surface area contributed by atoms with E-state index in [-0.39, 0.29) is 18.1 Å². The molecule has 0 spiro atoms. The first-order chi connectivity index (χ1) is 8.66. The Bertz CT molecular complexity index is 403. The van der Waals surface area contributed by atoms with E-state index in [1.54, 1.807) is 6.33 Å². The maximum absolute atomic E-state index is 11.8. The number of imidazole rings is 1. The quantitative estimate of drug-likeness (QED) is 0.586. The molecular formula is C12H19N3O3. The highest BCUT2D eigenvalue weighted by atomic mass is 16.6. The van der Waals surface area contributed by atoms with Crippen molar-refractivity contribution in [2.24, 2.45) is 0 Å². The van der Waals surface area contributed by atoms with Crippen LogP contribution >= 0.6 is 0 Å². The van der Waals surface area contributed by atoms with E-state index in [2.05, 4.69) is 15.3 Å². The lowest BCUT2D eigenvalue weighted by Crippen LogP contribution is -2.43. The first-order valence-electron chi connectivity index (χ1n) is 6.19. The Morgan fingerprint density at radius 1 is 1.56 bits per heavy atom. The molecule has 0 fully saturated rings. The predicted octanol–water partition coefficient (Wildman–Crippen LogP) is 0.392. The van der Waals surface area contributed by atoms with Crippen LogP contribution < -0.4 is 5.32 Å². The summed E-state index contributed by atoms with van der Waals surface area (Å²) in [5.41, 5.74) is 1.98. The van der Waals surface area contributed by atoms with Crippen LogP contribution in [0.15, 0.2) is 6.33 Å². The van der Waals surface area contributed by atoms with Crippen LogP contribution in [0, 0.1) is 0 Å². The minimum atomic E-state index is -0.306. The second-order valence-electron chi connectivity index (χ2n) is 4.55. The molecule has 6 nitrogen and oxygen atoms in total. The van der Waals surface area contributed by atoms with Gasteiger partial charge in [-0.1, -0.05) is 0 Å². The number of esters is 1. The van der Waals surface area contributed by atoms with Gasteiger partial charge < -0.3 is 14.5 Å². The maximum Gasteiger partial charge on any atom is 0.323 e. The Labute approximate surface area is 106 Å². The van der Waals surface area contributed by atoms with E-state index >= 15 is 0 Å². The molecule has 0 saturated heterocycles. The number of H-pyrrole nitrogens is 1. The first-order valence-corrected chi connectivity index (χ1v) is 6.19. The minimum Gasteiger partial charge on any atom is -0.462 e. The first kappa shape index (κ1) is 13.0. The molecule has 0 saturated carbocycles. The van der Waals surface area contributed by atoms with Gasteiger partial charge in [0.2, 0.25) is 0 Å². The molecular weight excluding hydrogens is 234 g/mol. The Morgan fingerprint density at radius 3 is 3.17 bits per heavy atom. The molecule has 0 aliphatic carbocycles. The molecule has 1 atom stereocenters. The Morgan fingerprint density at radius 2 is 2.39 bits per heavy atom. The van der Waals surface area contributed by atoms with E-state index in [1.165, 1.54) is 0 Å². The summed E-state index contributed by atoms with van der Waals surface area (Å²) >= 11 is 0. The molecule has 0 radical (unpaired) electrons. The maximum atomic E-state index is 11.8. The van der Waals surface area contributed by atoms with Crippen LogP contribution in [0.5, 0.6) is 0 Å². The molecule has 0 amide bonds. The van der Waals surface area contributed by atoms with E-state index in [0.29, 0.717) is 26.2 Å². The van der Waals surface area contributed by atoms with Crippen LogP contribution in [-0.2, 0) is 27.2 Å². The monoisotopic (exact) mass is 253 g/mol. The lowest BCUT2D eigenvalue weighted by Gasteiger charge is -2.21. The molecule has 2 rings (SSSR count). The number of hydrogen-bond acceptors (Lipinski definition) is 5. The summed E-state index contributed by atoms with van der Waals surface area (Å²) in [6.45, 7) is 5.25. The number of hydrogen-bond donors (Lipinski definition) is 2. The average Bonchev–Trinajstić information content (AvgIpc) is 2.81. The van der Waals surface area contributed by atoms with Gasteiger partial charge in [-0.15, -0.1) is 0 Å². The van der Waals surface area contributed by atoms with Crippen molar-refractivity contribution in [3.05, 3.63) is 17.7 Å². The largest absolute Gasteiger partial charge is 0.462 e. The standard InChI is InChI=1S/C12H19N3O3/c1-8(2)17-3-4-18-12(16)10-5-9-11(6-13-10)15-7-14-9/h7-8,10,13H,3-6H2,1-2H3,(H,14,15). The number of aromatic amines is 1. The number of aromatic nitrogens is 2. The summed E-state index contributed by atoms with van der Waals surface area (Å²) < 4.78 is 10.5. The topological polar surface area (TPSA) is 76.2 Å². The smallest absolute Gasteiger partial charge is 0.323 e. The summed E-state index contributed by atoms with van der Waals surface area (Å²) in [7, 11) is 0. The molecule has 1 unspecified atom stereocenters. The molecule has 2 heterocycles. The van der Waals surface area contributed by atoms with Gasteiger partial charge in [0, 0.05) is 13.0 Å². The van der Waals surface area contributed by atoms with Gasteiger partial charge in [-0.05, 0) is 13.8 Å². The van der Waals surface area contributed by atoms with E-state index < -0.39 is 0 Å². The van der Waals surface area contributed by atoms with Crippen LogP contribution in [0.3, 0.4) is 0 Å². The van der Waals surface area contributed by atoms with E-state index in [0.717, 1.165) is 11.4 Å². The zero-order valence-corrected chi connectivity index (χ0v) is 10.7. The summed E-state index contributed by atoms with van der Waals surface area (Å²) in [6, 6.07) is -0.306. The second kappa shape index (κ2) is 5.97. The number of nitrogens with zero attached hydrogens (tertiary/aromatic N) is 1. The average molecular weight is 253 g/mol. The molecule has 18 heavy (non-hydrogen) atoms. The highest BCUT2D eigenvalue weighted by Gasteiger charge is 2.26. The Kier molecular flexibility index (Phi) is 4.33. The van der Waals surface area contributed by atoms with Crippen molar-refractivity contribution < 1.29 is 14.3 Å². The summed E-state index contributed by atoms with van der Waals surface area (Å²) in [4.78, 5) is 19.0. The van der Waals surface area contributed by atoms with Crippen molar-refractivity contribution in [1.29, 1.82) is 0 Å². The van der Waals surface area contributed by atoms with Gasteiger partial charge in [0.1, 0.15) is 12.6 Å². The molecule has 1 aromatic rings. The van der Waals surface area contributed by atoms with Gasteiger partial charge >= 0.3 is 5.97 Å². The van der Waals surface area contributed by atoms with Crippen LogP contribution in [0.1, 0.15) is 25.2 Å². The fraction of sp³-hybridized carbons (Fsp3) is 0.667. The van der Waals surface area contributed by atoms with E-state index in [1.807, 2.05) is 13.8 Å². The molecule has 1 aliphatic rings. The van der Waals surface area contributed by atoms with E-state index in [9.17, 15) is 4.79 Å². The molecule has 0 aromatic carbocycles. The molecule has 1 aliphatic heterocycles. The van der Waals surface area contributed by atoms with Crippen molar-refractivity contribution in [2.45, 2.75) is 39.0 Å². The summed E-state index contributed by atoms with van der Waals surface area (Å²) in [5.74, 6) is -0.240. The molecule has 2 N–H and O–H groups in total. The van der Waals surface area contributed by atoms with Crippen molar-refractivity contribution in [3.8, 4) is 0 Å². The fourth-order valence-electron chi connectivity index (χ4n) is 1.86. The lowest BCUT2D eigenvalue weighted by atomic mass is 10.1. The number of fused-ring (bicyclic) bond motifs is 1. The molecule has 6 heteroatoms. The summed E-state index contributed by atoms with van der Waals surface area (Å²) in [6.07, 6.45) is 2.38. The molecule has 100 valence electrons. The van der Waals surface area contributed by atoms with Crippen molar-refractivity contribution in [1.82, 2.24) is 15.3 Å². The summed E-state index contributed by atoms with van der Waals surface area (Å²) in [5, 5.41) is 3.12. The highest BCUT2D eigenvalue weighted by Crippen LogP contribution is 2.12. The highest BCUT2D eigenvalue weighted by molar-refractivity contribution is 5.76. The van der Waals surface area contributed by atoms with Gasteiger partial charge in [-0.3, -0.25) is 10.1 Å². The normalized spacial score (nSPS) is 18.7. The third-order valence-electron chi connectivity index (χ3n) is 2.79.